The summed E-state index contributed by atoms with van der Waals surface area (Å²) in [4.78, 5) is 0. The lowest BCUT2D eigenvalue weighted by molar-refractivity contribution is 0.414. The second-order valence-corrected chi connectivity index (χ2v) is 4.60. The first-order chi connectivity index (χ1) is 9.17. The van der Waals surface area contributed by atoms with Gasteiger partial charge in [-0.2, -0.15) is 0 Å². The molecule has 1 atom stereocenters. The Morgan fingerprint density at radius 2 is 1.95 bits per heavy atom. The fourth-order valence-electron chi connectivity index (χ4n) is 2.40. The average Bonchev–Trinajstić information content (AvgIpc) is 2.84. The van der Waals surface area contributed by atoms with E-state index in [4.69, 9.17) is 4.74 Å². The third kappa shape index (κ3) is 2.14. The van der Waals surface area contributed by atoms with E-state index in [1.165, 1.54) is 6.07 Å². The van der Waals surface area contributed by atoms with E-state index in [9.17, 15) is 8.78 Å². The van der Waals surface area contributed by atoms with Gasteiger partial charge < -0.3 is 10.1 Å². The van der Waals surface area contributed by atoms with E-state index in [0.717, 1.165) is 35.1 Å². The van der Waals surface area contributed by atoms with E-state index in [1.54, 1.807) is 13.2 Å². The van der Waals surface area contributed by atoms with Crippen molar-refractivity contribution in [1.82, 2.24) is 0 Å². The van der Waals surface area contributed by atoms with Gasteiger partial charge in [-0.25, -0.2) is 8.78 Å². The van der Waals surface area contributed by atoms with Gasteiger partial charge in [-0.15, -0.1) is 0 Å². The fourth-order valence-corrected chi connectivity index (χ4v) is 2.40. The van der Waals surface area contributed by atoms with E-state index in [0.29, 0.717) is 0 Å². The monoisotopic (exact) mass is 261 g/mol. The average molecular weight is 261 g/mol. The number of rotatable bonds is 2. The summed E-state index contributed by atoms with van der Waals surface area (Å²) < 4.78 is 31.4. The molecule has 2 nitrogen and oxygen atoms in total. The van der Waals surface area contributed by atoms with Crippen LogP contribution in [0.2, 0.25) is 0 Å². The van der Waals surface area contributed by atoms with E-state index in [2.05, 4.69) is 5.32 Å². The molecule has 0 bridgehead atoms. The standard InChI is InChI=1S/C15H13F2NO/c1-19-11-3-5-14-10(6-11)8-15(18-14)9-2-4-12(16)13(17)7-9/h2-7,15,18H,8H2,1H3. The number of anilines is 1. The molecule has 0 aliphatic carbocycles. The molecular formula is C15H13F2NO. The van der Waals surface area contributed by atoms with Gasteiger partial charge in [0.1, 0.15) is 5.75 Å². The van der Waals surface area contributed by atoms with E-state index >= 15 is 0 Å². The molecule has 1 aliphatic heterocycles. The molecule has 0 saturated heterocycles. The number of ether oxygens (including phenoxy) is 1. The van der Waals surface area contributed by atoms with Crippen molar-refractivity contribution in [1.29, 1.82) is 0 Å². The van der Waals surface area contributed by atoms with Crippen LogP contribution in [0.1, 0.15) is 17.2 Å². The molecular weight excluding hydrogens is 248 g/mol. The minimum atomic E-state index is -0.819. The molecule has 0 fully saturated rings. The molecule has 4 heteroatoms. The highest BCUT2D eigenvalue weighted by Crippen LogP contribution is 2.36. The summed E-state index contributed by atoms with van der Waals surface area (Å²) in [5.41, 5.74) is 2.87. The number of benzene rings is 2. The minimum absolute atomic E-state index is 0.0304. The van der Waals surface area contributed by atoms with Crippen LogP contribution >= 0.6 is 0 Å². The first kappa shape index (κ1) is 12.0. The summed E-state index contributed by atoms with van der Waals surface area (Å²) in [6.07, 6.45) is 0.734. The molecule has 2 aromatic carbocycles. The lowest BCUT2D eigenvalue weighted by Crippen LogP contribution is -2.06. The smallest absolute Gasteiger partial charge is 0.159 e. The maximum Gasteiger partial charge on any atom is 0.159 e. The largest absolute Gasteiger partial charge is 0.497 e. The summed E-state index contributed by atoms with van der Waals surface area (Å²) in [5, 5.41) is 3.30. The molecule has 1 N–H and O–H groups in total. The van der Waals surface area contributed by atoms with Gasteiger partial charge in [0.15, 0.2) is 11.6 Å². The Morgan fingerprint density at radius 3 is 2.68 bits per heavy atom. The first-order valence-corrected chi connectivity index (χ1v) is 6.06. The predicted octanol–water partition coefficient (Wildman–Crippen LogP) is 3.68. The quantitative estimate of drug-likeness (QED) is 0.890. The lowest BCUT2D eigenvalue weighted by atomic mass is 10.0. The number of nitrogens with one attached hydrogen (secondary N) is 1. The van der Waals surface area contributed by atoms with Crippen LogP contribution in [0.25, 0.3) is 0 Å². The van der Waals surface area contributed by atoms with Crippen LogP contribution in [0.15, 0.2) is 36.4 Å². The number of methoxy groups -OCH3 is 1. The predicted molar refractivity (Wildman–Crippen MR) is 69.4 cm³/mol. The Bertz CT molecular complexity index is 628. The zero-order valence-corrected chi connectivity index (χ0v) is 10.4. The molecule has 2 aromatic rings. The molecule has 1 unspecified atom stereocenters. The Labute approximate surface area is 110 Å². The van der Waals surface area contributed by atoms with E-state index < -0.39 is 11.6 Å². The zero-order valence-electron chi connectivity index (χ0n) is 10.4. The Balaban J connectivity index is 1.88. The third-order valence-corrected chi connectivity index (χ3v) is 3.41. The summed E-state index contributed by atoms with van der Waals surface area (Å²) in [7, 11) is 1.62. The second kappa shape index (κ2) is 4.53. The SMILES string of the molecule is COc1ccc2c(c1)CC(c1ccc(F)c(F)c1)N2. The van der Waals surface area contributed by atoms with Crippen LogP contribution in [0, 0.1) is 11.6 Å². The Hall–Kier alpha value is -2.10. The van der Waals surface area contributed by atoms with E-state index in [-0.39, 0.29) is 6.04 Å². The van der Waals surface area contributed by atoms with Crippen LogP contribution in [0.4, 0.5) is 14.5 Å². The van der Waals surface area contributed by atoms with Crippen LogP contribution in [0.5, 0.6) is 5.75 Å². The molecule has 19 heavy (non-hydrogen) atoms. The van der Waals surface area contributed by atoms with Gasteiger partial charge in [0.2, 0.25) is 0 Å². The number of hydrogen-bond donors (Lipinski definition) is 1. The van der Waals surface area contributed by atoms with Crippen molar-refractivity contribution in [3.05, 3.63) is 59.2 Å². The lowest BCUT2D eigenvalue weighted by Gasteiger charge is -2.11. The number of hydrogen-bond acceptors (Lipinski definition) is 2. The third-order valence-electron chi connectivity index (χ3n) is 3.41. The van der Waals surface area contributed by atoms with Crippen molar-refractivity contribution in [3.8, 4) is 5.75 Å². The molecule has 0 radical (unpaired) electrons. The molecule has 3 rings (SSSR count). The van der Waals surface area contributed by atoms with Crippen LogP contribution < -0.4 is 10.1 Å². The molecule has 98 valence electrons. The van der Waals surface area contributed by atoms with Gasteiger partial charge in [-0.05, 0) is 47.9 Å². The van der Waals surface area contributed by atoms with Crippen LogP contribution in [0.3, 0.4) is 0 Å². The molecule has 0 spiro atoms. The molecule has 1 heterocycles. The van der Waals surface area contributed by atoms with Gasteiger partial charge >= 0.3 is 0 Å². The number of fused-ring (bicyclic) bond motifs is 1. The molecule has 0 saturated carbocycles. The molecule has 0 aromatic heterocycles. The second-order valence-electron chi connectivity index (χ2n) is 4.60. The van der Waals surface area contributed by atoms with Crippen LogP contribution in [-0.4, -0.2) is 7.11 Å². The van der Waals surface area contributed by atoms with Crippen molar-refractivity contribution in [2.75, 3.05) is 12.4 Å². The van der Waals surface area contributed by atoms with Gasteiger partial charge in [-0.3, -0.25) is 0 Å². The summed E-state index contributed by atoms with van der Waals surface area (Å²) in [6, 6.07) is 9.76. The topological polar surface area (TPSA) is 21.3 Å². The summed E-state index contributed by atoms with van der Waals surface area (Å²) >= 11 is 0. The highest BCUT2D eigenvalue weighted by atomic mass is 19.2. The Morgan fingerprint density at radius 1 is 1.11 bits per heavy atom. The van der Waals surface area contributed by atoms with Crippen LogP contribution in [-0.2, 0) is 6.42 Å². The summed E-state index contributed by atoms with van der Waals surface area (Å²) in [6.45, 7) is 0. The Kier molecular flexibility index (Phi) is 2.85. The first-order valence-electron chi connectivity index (χ1n) is 6.06. The fraction of sp³-hybridized carbons (Fsp3) is 0.200. The van der Waals surface area contributed by atoms with Crippen molar-refractivity contribution >= 4 is 5.69 Å². The highest BCUT2D eigenvalue weighted by molar-refractivity contribution is 5.60. The normalized spacial score (nSPS) is 16.9. The maximum atomic E-state index is 13.3. The maximum absolute atomic E-state index is 13.3. The highest BCUT2D eigenvalue weighted by Gasteiger charge is 2.23. The van der Waals surface area contributed by atoms with Gasteiger partial charge in [0.25, 0.3) is 0 Å². The van der Waals surface area contributed by atoms with Crippen molar-refractivity contribution in [2.45, 2.75) is 12.5 Å². The molecule has 1 aliphatic rings. The number of halogens is 2. The van der Waals surface area contributed by atoms with Gasteiger partial charge in [0, 0.05) is 5.69 Å². The molecule has 0 amide bonds. The van der Waals surface area contributed by atoms with Crippen molar-refractivity contribution < 1.29 is 13.5 Å². The van der Waals surface area contributed by atoms with Gasteiger partial charge in [0.05, 0.1) is 13.2 Å². The van der Waals surface area contributed by atoms with E-state index in [1.807, 2.05) is 18.2 Å². The van der Waals surface area contributed by atoms with Crippen molar-refractivity contribution in [3.63, 3.8) is 0 Å². The van der Waals surface area contributed by atoms with Gasteiger partial charge in [-0.1, -0.05) is 6.07 Å². The zero-order chi connectivity index (χ0) is 13.4. The minimum Gasteiger partial charge on any atom is -0.497 e. The summed E-state index contributed by atoms with van der Waals surface area (Å²) in [5.74, 6) is -0.833. The van der Waals surface area contributed by atoms with Crippen molar-refractivity contribution in [2.24, 2.45) is 0 Å².